The van der Waals surface area contributed by atoms with Crippen LogP contribution >= 0.6 is 0 Å². The summed E-state index contributed by atoms with van der Waals surface area (Å²) in [6, 6.07) is 7.95. The lowest BCUT2D eigenvalue weighted by molar-refractivity contribution is 0.399. The summed E-state index contributed by atoms with van der Waals surface area (Å²) in [6.45, 7) is 10.3. The van der Waals surface area contributed by atoms with Gasteiger partial charge in [0, 0.05) is 12.5 Å². The Morgan fingerprint density at radius 2 is 1.68 bits per heavy atom. The van der Waals surface area contributed by atoms with Gasteiger partial charge in [-0.2, -0.15) is 4.98 Å². The molecule has 4 rings (SSSR count). The first-order chi connectivity index (χ1) is 13.4. The minimum atomic E-state index is 0.541. The number of methoxy groups -OCH3 is 1. The Morgan fingerprint density at radius 3 is 2.32 bits per heavy atom. The monoisotopic (exact) mass is 376 g/mol. The normalized spacial score (nSPS) is 11.4. The van der Waals surface area contributed by atoms with E-state index in [4.69, 9.17) is 19.4 Å². The molecule has 0 N–H and O–H groups in total. The molecule has 0 amide bonds. The van der Waals surface area contributed by atoms with Gasteiger partial charge in [-0.1, -0.05) is 24.6 Å². The van der Waals surface area contributed by atoms with Crippen molar-refractivity contribution in [3.05, 3.63) is 52.5 Å². The van der Waals surface area contributed by atoms with Gasteiger partial charge >= 0.3 is 0 Å². The summed E-state index contributed by atoms with van der Waals surface area (Å²) in [5.74, 6) is 2.84. The predicted molar refractivity (Wildman–Crippen MR) is 110 cm³/mol. The third kappa shape index (κ3) is 2.85. The highest BCUT2D eigenvalue weighted by Gasteiger charge is 2.20. The Labute approximate surface area is 164 Å². The van der Waals surface area contributed by atoms with Crippen molar-refractivity contribution in [1.29, 1.82) is 0 Å². The van der Waals surface area contributed by atoms with Gasteiger partial charge in [-0.05, 0) is 44.9 Å². The summed E-state index contributed by atoms with van der Waals surface area (Å²) in [5, 5.41) is 0. The van der Waals surface area contributed by atoms with E-state index < -0.39 is 0 Å². The van der Waals surface area contributed by atoms with Crippen LogP contribution in [0.1, 0.15) is 35.1 Å². The lowest BCUT2D eigenvalue weighted by Crippen LogP contribution is -2.03. The second kappa shape index (κ2) is 6.78. The molecule has 0 saturated carbocycles. The van der Waals surface area contributed by atoms with Crippen LogP contribution in [0, 0.1) is 27.7 Å². The standard InChI is InChI=1S/C22H24N4O2/c1-7-17-23-15(5)19-22(28-20-13(3)10-12(2)11-14(20)4)24-16-8-9-18(27-6)25-21(16)26(17)19/h8-11H,7H2,1-6H3. The van der Waals surface area contributed by atoms with Crippen molar-refractivity contribution in [2.24, 2.45) is 0 Å². The van der Waals surface area contributed by atoms with Gasteiger partial charge in [0.15, 0.2) is 5.65 Å². The molecular weight excluding hydrogens is 352 g/mol. The topological polar surface area (TPSA) is 61.5 Å². The first-order valence-electron chi connectivity index (χ1n) is 9.41. The second-order valence-electron chi connectivity index (χ2n) is 7.09. The summed E-state index contributed by atoms with van der Waals surface area (Å²) in [5.41, 5.74) is 6.53. The largest absolute Gasteiger partial charge is 0.481 e. The van der Waals surface area contributed by atoms with Crippen LogP contribution in [0.25, 0.3) is 16.7 Å². The molecule has 4 aromatic rings. The number of imidazole rings is 1. The van der Waals surface area contributed by atoms with Gasteiger partial charge in [0.05, 0.1) is 12.8 Å². The smallest absolute Gasteiger partial charge is 0.246 e. The van der Waals surface area contributed by atoms with E-state index in [9.17, 15) is 0 Å². The molecule has 0 fully saturated rings. The highest BCUT2D eigenvalue weighted by atomic mass is 16.5. The molecule has 0 radical (unpaired) electrons. The molecule has 1 aromatic carbocycles. The van der Waals surface area contributed by atoms with Crippen molar-refractivity contribution < 1.29 is 9.47 Å². The molecule has 28 heavy (non-hydrogen) atoms. The van der Waals surface area contributed by atoms with Gasteiger partial charge < -0.3 is 9.47 Å². The molecule has 6 nitrogen and oxygen atoms in total. The SMILES string of the molecule is CCc1nc(C)c2c(Oc3c(C)cc(C)cc3C)nc3ccc(OC)nc3n12. The molecule has 0 bridgehead atoms. The van der Waals surface area contributed by atoms with E-state index in [0.29, 0.717) is 11.8 Å². The number of aryl methyl sites for hydroxylation is 5. The molecule has 6 heteroatoms. The Hall–Kier alpha value is -3.15. The number of hydrogen-bond acceptors (Lipinski definition) is 5. The minimum absolute atomic E-state index is 0.541. The van der Waals surface area contributed by atoms with Crippen LogP contribution in [0.2, 0.25) is 0 Å². The summed E-state index contributed by atoms with van der Waals surface area (Å²) >= 11 is 0. The Balaban J connectivity index is 2.02. The molecule has 144 valence electrons. The van der Waals surface area contributed by atoms with E-state index in [2.05, 4.69) is 44.8 Å². The summed E-state index contributed by atoms with van der Waals surface area (Å²) in [6.07, 6.45) is 0.773. The average molecular weight is 376 g/mol. The lowest BCUT2D eigenvalue weighted by Gasteiger charge is -2.15. The number of aromatic nitrogens is 4. The molecule has 0 atom stereocenters. The quantitative estimate of drug-likeness (QED) is 0.508. The molecule has 0 unspecified atom stereocenters. The van der Waals surface area contributed by atoms with Crippen LogP contribution in [0.4, 0.5) is 0 Å². The van der Waals surface area contributed by atoms with Crippen molar-refractivity contribution in [3.63, 3.8) is 0 Å². The van der Waals surface area contributed by atoms with E-state index in [1.807, 2.05) is 23.5 Å². The van der Waals surface area contributed by atoms with Gasteiger partial charge in [-0.15, -0.1) is 0 Å². The average Bonchev–Trinajstić information content (AvgIpc) is 3.01. The van der Waals surface area contributed by atoms with Crippen LogP contribution in [-0.2, 0) is 6.42 Å². The molecule has 0 aliphatic rings. The minimum Gasteiger partial charge on any atom is -0.481 e. The number of nitrogens with zero attached hydrogens (tertiary/aromatic N) is 4. The Bertz CT molecular complexity index is 1190. The number of benzene rings is 1. The highest BCUT2D eigenvalue weighted by Crippen LogP contribution is 2.34. The van der Waals surface area contributed by atoms with Crippen LogP contribution in [-0.4, -0.2) is 26.5 Å². The van der Waals surface area contributed by atoms with Gasteiger partial charge in [0.25, 0.3) is 0 Å². The molecule has 3 aromatic heterocycles. The van der Waals surface area contributed by atoms with Crippen molar-refractivity contribution in [3.8, 4) is 17.5 Å². The van der Waals surface area contributed by atoms with Crippen molar-refractivity contribution >= 4 is 16.7 Å². The number of rotatable bonds is 4. The first-order valence-corrected chi connectivity index (χ1v) is 9.41. The zero-order chi connectivity index (χ0) is 20.0. The zero-order valence-corrected chi connectivity index (χ0v) is 17.1. The summed E-state index contributed by atoms with van der Waals surface area (Å²) < 4.78 is 13.7. The van der Waals surface area contributed by atoms with Gasteiger partial charge in [-0.25, -0.2) is 9.97 Å². The van der Waals surface area contributed by atoms with Crippen molar-refractivity contribution in [2.45, 2.75) is 41.0 Å². The Morgan fingerprint density at radius 1 is 0.964 bits per heavy atom. The Kier molecular flexibility index (Phi) is 4.41. The molecule has 3 heterocycles. The number of hydrogen-bond donors (Lipinski definition) is 0. The fraction of sp³-hybridized carbons (Fsp3) is 0.318. The highest BCUT2D eigenvalue weighted by molar-refractivity contribution is 5.80. The van der Waals surface area contributed by atoms with E-state index >= 15 is 0 Å². The molecule has 0 aliphatic carbocycles. The van der Waals surface area contributed by atoms with Crippen LogP contribution < -0.4 is 9.47 Å². The molecular formula is C22H24N4O2. The number of fused-ring (bicyclic) bond motifs is 3. The van der Waals surface area contributed by atoms with Crippen LogP contribution in [0.5, 0.6) is 17.5 Å². The maximum absolute atomic E-state index is 6.38. The predicted octanol–water partition coefficient (Wildman–Crippen LogP) is 4.87. The maximum Gasteiger partial charge on any atom is 0.246 e. The van der Waals surface area contributed by atoms with Gasteiger partial charge in [-0.3, -0.25) is 4.40 Å². The maximum atomic E-state index is 6.38. The van der Waals surface area contributed by atoms with Gasteiger partial charge in [0.2, 0.25) is 11.8 Å². The van der Waals surface area contributed by atoms with E-state index in [1.54, 1.807) is 7.11 Å². The van der Waals surface area contributed by atoms with Crippen molar-refractivity contribution in [2.75, 3.05) is 7.11 Å². The second-order valence-corrected chi connectivity index (χ2v) is 7.09. The molecule has 0 saturated heterocycles. The fourth-order valence-corrected chi connectivity index (χ4v) is 3.75. The molecule has 0 aliphatic heterocycles. The van der Waals surface area contributed by atoms with E-state index in [0.717, 1.165) is 51.5 Å². The summed E-state index contributed by atoms with van der Waals surface area (Å²) in [4.78, 5) is 14.1. The fourth-order valence-electron chi connectivity index (χ4n) is 3.75. The number of pyridine rings is 1. The van der Waals surface area contributed by atoms with Gasteiger partial charge in [0.1, 0.15) is 22.6 Å². The van der Waals surface area contributed by atoms with Crippen molar-refractivity contribution in [1.82, 2.24) is 19.4 Å². The van der Waals surface area contributed by atoms with Crippen LogP contribution in [0.3, 0.4) is 0 Å². The summed E-state index contributed by atoms with van der Waals surface area (Å²) in [7, 11) is 1.61. The lowest BCUT2D eigenvalue weighted by atomic mass is 10.1. The van der Waals surface area contributed by atoms with Crippen LogP contribution in [0.15, 0.2) is 24.3 Å². The van der Waals surface area contributed by atoms with E-state index in [1.165, 1.54) is 5.56 Å². The van der Waals surface area contributed by atoms with E-state index in [-0.39, 0.29) is 0 Å². The third-order valence-electron chi connectivity index (χ3n) is 4.92. The zero-order valence-electron chi connectivity index (χ0n) is 17.1. The third-order valence-corrected chi connectivity index (χ3v) is 4.92. The first kappa shape index (κ1) is 18.2. The molecule has 0 spiro atoms. The number of ether oxygens (including phenoxy) is 2.